The molecule has 41 heavy (non-hydrogen) atoms. The van der Waals surface area contributed by atoms with E-state index in [-0.39, 0.29) is 24.3 Å². The molecule has 2 heterocycles. The fourth-order valence-electron chi connectivity index (χ4n) is 4.86. The van der Waals surface area contributed by atoms with Crippen LogP contribution in [0.15, 0.2) is 76.2 Å². The molecule has 0 unspecified atom stereocenters. The molecule has 0 saturated heterocycles. The SMILES string of the molecule is CC(=Cc1sc2ccc3ccccc3c2[n+]1CCCS(=O)(=O)O)C=C1Sc2ccc(Cl)cc2N1CCCS(=O)(=O)O. The van der Waals surface area contributed by atoms with E-state index in [1.165, 1.54) is 0 Å². The van der Waals surface area contributed by atoms with Crippen molar-refractivity contribution in [2.24, 2.45) is 0 Å². The number of halogens is 1. The summed E-state index contributed by atoms with van der Waals surface area (Å²) >= 11 is 9.42. The van der Waals surface area contributed by atoms with Gasteiger partial charge in [-0.3, -0.25) is 9.11 Å². The van der Waals surface area contributed by atoms with Gasteiger partial charge in [-0.05, 0) is 60.7 Å². The Kier molecular flexibility index (Phi) is 8.82. The van der Waals surface area contributed by atoms with Crippen molar-refractivity contribution >= 4 is 87.7 Å². The molecule has 13 heteroatoms. The maximum absolute atomic E-state index is 11.4. The molecule has 0 radical (unpaired) electrons. The Morgan fingerprint density at radius 2 is 1.73 bits per heavy atom. The lowest BCUT2D eigenvalue weighted by Gasteiger charge is -2.20. The highest BCUT2D eigenvalue weighted by molar-refractivity contribution is 8.03. The van der Waals surface area contributed by atoms with Gasteiger partial charge in [0.05, 0.1) is 27.6 Å². The number of hydrogen-bond acceptors (Lipinski definition) is 7. The van der Waals surface area contributed by atoms with Crippen LogP contribution in [0, 0.1) is 0 Å². The minimum absolute atomic E-state index is 0.239. The molecule has 0 bridgehead atoms. The fourth-order valence-corrected chi connectivity index (χ4v) is 8.41. The summed E-state index contributed by atoms with van der Waals surface area (Å²) in [4.78, 5) is 3.00. The molecule has 1 aliphatic rings. The summed E-state index contributed by atoms with van der Waals surface area (Å²) in [5.74, 6) is -0.671. The minimum atomic E-state index is -4.08. The van der Waals surface area contributed by atoms with E-state index in [0.29, 0.717) is 18.1 Å². The van der Waals surface area contributed by atoms with Crippen LogP contribution in [0.2, 0.25) is 5.02 Å². The first-order valence-corrected chi connectivity index (χ1v) is 18.0. The fraction of sp³-hybridized carbons (Fsp3) is 0.250. The summed E-state index contributed by atoms with van der Waals surface area (Å²) in [7, 11) is -8.16. The highest BCUT2D eigenvalue weighted by Crippen LogP contribution is 2.47. The van der Waals surface area contributed by atoms with Crippen LogP contribution in [0.1, 0.15) is 24.8 Å². The summed E-state index contributed by atoms with van der Waals surface area (Å²) in [5.41, 5.74) is 2.83. The van der Waals surface area contributed by atoms with Gasteiger partial charge in [-0.25, -0.2) is 0 Å². The van der Waals surface area contributed by atoms with E-state index < -0.39 is 20.2 Å². The van der Waals surface area contributed by atoms with Gasteiger partial charge in [0.25, 0.3) is 25.2 Å². The lowest BCUT2D eigenvalue weighted by Crippen LogP contribution is -2.36. The third kappa shape index (κ3) is 7.31. The first-order chi connectivity index (χ1) is 19.4. The number of hydrogen-bond donors (Lipinski definition) is 2. The van der Waals surface area contributed by atoms with Crippen molar-refractivity contribution in [3.63, 3.8) is 0 Å². The third-order valence-corrected chi connectivity index (χ3v) is 10.6. The first kappa shape index (κ1) is 30.0. The zero-order valence-corrected chi connectivity index (χ0v) is 26.0. The monoisotopic (exact) mass is 651 g/mol. The van der Waals surface area contributed by atoms with Gasteiger partial charge in [0.1, 0.15) is 4.70 Å². The Morgan fingerprint density at radius 3 is 2.49 bits per heavy atom. The average Bonchev–Trinajstić information content (AvgIpc) is 3.40. The van der Waals surface area contributed by atoms with Crippen molar-refractivity contribution in [3.05, 3.63) is 81.3 Å². The van der Waals surface area contributed by atoms with Crippen LogP contribution in [0.25, 0.3) is 27.1 Å². The Balaban J connectivity index is 1.53. The predicted molar refractivity (Wildman–Crippen MR) is 168 cm³/mol. The summed E-state index contributed by atoms with van der Waals surface area (Å²) < 4.78 is 67.2. The molecule has 0 spiro atoms. The number of aryl methyl sites for hydroxylation is 1. The van der Waals surface area contributed by atoms with Gasteiger partial charge >= 0.3 is 0 Å². The maximum Gasteiger partial charge on any atom is 0.265 e. The number of thioether (sulfide) groups is 1. The van der Waals surface area contributed by atoms with Gasteiger partial charge in [0.15, 0.2) is 6.54 Å². The topological polar surface area (TPSA) is 116 Å². The first-order valence-electron chi connectivity index (χ1n) is 12.8. The molecule has 2 N–H and O–H groups in total. The maximum atomic E-state index is 11.4. The number of thiazole rings is 1. The summed E-state index contributed by atoms with van der Waals surface area (Å²) in [6.07, 6.45) is 4.57. The van der Waals surface area contributed by atoms with Crippen LogP contribution >= 0.6 is 34.7 Å². The average molecular weight is 652 g/mol. The molecule has 1 aromatic heterocycles. The largest absolute Gasteiger partial charge is 0.335 e. The summed E-state index contributed by atoms with van der Waals surface area (Å²) in [6, 6.07) is 17.8. The second kappa shape index (κ2) is 12.0. The molecule has 0 saturated carbocycles. The highest BCUT2D eigenvalue weighted by atomic mass is 35.5. The third-order valence-electron chi connectivity index (χ3n) is 6.58. The Hall–Kier alpha value is -2.45. The zero-order valence-electron chi connectivity index (χ0n) is 22.0. The van der Waals surface area contributed by atoms with Crippen LogP contribution in [0.5, 0.6) is 0 Å². The standard InChI is InChI=1S/C28H27ClN2O6S4/c1-19(16-26-30(12-4-14-40(32,33)34)23-18-21(29)9-11-24(23)38-26)17-27-31(13-5-15-41(35,36)37)28-22-7-3-2-6-20(22)8-10-25(28)39-27/h2-3,6-11,16-18H,4-5,12-15H2,1H3,(H-,32,33,34,35,36,37)/p+1. The molecule has 8 nitrogen and oxygen atoms in total. The molecule has 0 fully saturated rings. The van der Waals surface area contributed by atoms with E-state index in [9.17, 15) is 25.9 Å². The quantitative estimate of drug-likeness (QED) is 0.149. The number of benzene rings is 3. The van der Waals surface area contributed by atoms with Crippen LogP contribution in [0.4, 0.5) is 5.69 Å². The van der Waals surface area contributed by atoms with Gasteiger partial charge in [0, 0.05) is 29.0 Å². The second-order valence-electron chi connectivity index (χ2n) is 9.74. The van der Waals surface area contributed by atoms with Crippen LogP contribution in [-0.4, -0.2) is 44.0 Å². The van der Waals surface area contributed by atoms with Crippen LogP contribution < -0.4 is 9.47 Å². The molecule has 216 valence electrons. The highest BCUT2D eigenvalue weighted by Gasteiger charge is 2.26. The molecule has 0 aliphatic carbocycles. The number of fused-ring (bicyclic) bond motifs is 4. The molecule has 5 rings (SSSR count). The molecule has 0 atom stereocenters. The number of aromatic nitrogens is 1. The van der Waals surface area contributed by atoms with E-state index in [1.807, 2.05) is 66.4 Å². The van der Waals surface area contributed by atoms with Gasteiger partial charge in [-0.2, -0.15) is 21.4 Å². The number of nitrogens with zero attached hydrogens (tertiary/aromatic N) is 2. The molecule has 1 aliphatic heterocycles. The van der Waals surface area contributed by atoms with E-state index in [1.54, 1.807) is 23.1 Å². The van der Waals surface area contributed by atoms with Crippen molar-refractivity contribution in [2.45, 2.75) is 31.2 Å². The summed E-state index contributed by atoms with van der Waals surface area (Å²) in [5, 5.41) is 4.54. The normalized spacial score (nSPS) is 15.4. The lowest BCUT2D eigenvalue weighted by molar-refractivity contribution is -0.667. The number of allylic oxidation sites excluding steroid dienone is 2. The van der Waals surface area contributed by atoms with E-state index in [2.05, 4.69) is 16.7 Å². The second-order valence-corrected chi connectivity index (χ2v) is 15.4. The van der Waals surface area contributed by atoms with Gasteiger partial charge in [0.2, 0.25) is 5.52 Å². The smallest absolute Gasteiger partial charge is 0.265 e. The molecular formula is C28H28ClN2O6S4+. The van der Waals surface area contributed by atoms with E-state index >= 15 is 0 Å². The molecular weight excluding hydrogens is 624 g/mol. The molecule has 4 aromatic rings. The van der Waals surface area contributed by atoms with Crippen molar-refractivity contribution < 1.29 is 30.5 Å². The van der Waals surface area contributed by atoms with Crippen LogP contribution in [0.3, 0.4) is 0 Å². The molecule has 0 amide bonds. The zero-order chi connectivity index (χ0) is 29.4. The Morgan fingerprint density at radius 1 is 1.00 bits per heavy atom. The number of anilines is 1. The predicted octanol–water partition coefficient (Wildman–Crippen LogP) is 6.41. The van der Waals surface area contributed by atoms with Gasteiger partial charge in [-0.1, -0.05) is 59.0 Å². The van der Waals surface area contributed by atoms with Crippen molar-refractivity contribution in [1.82, 2.24) is 0 Å². The van der Waals surface area contributed by atoms with Gasteiger partial charge < -0.3 is 4.90 Å². The minimum Gasteiger partial charge on any atom is -0.335 e. The van der Waals surface area contributed by atoms with Crippen molar-refractivity contribution in [2.75, 3.05) is 23.0 Å². The van der Waals surface area contributed by atoms with Gasteiger partial charge in [-0.15, -0.1) is 0 Å². The van der Waals surface area contributed by atoms with Crippen molar-refractivity contribution in [1.29, 1.82) is 0 Å². The van der Waals surface area contributed by atoms with Crippen molar-refractivity contribution in [3.8, 4) is 0 Å². The lowest BCUT2D eigenvalue weighted by atomic mass is 10.1. The summed E-state index contributed by atoms with van der Waals surface area (Å²) in [6.45, 7) is 2.76. The number of rotatable bonds is 10. The van der Waals surface area contributed by atoms with E-state index in [0.717, 1.165) is 47.2 Å². The Labute approximate surface area is 252 Å². The van der Waals surface area contributed by atoms with E-state index in [4.69, 9.17) is 11.6 Å². The molecule has 3 aromatic carbocycles. The Bertz CT molecular complexity index is 1920. The van der Waals surface area contributed by atoms with Crippen LogP contribution in [-0.2, 0) is 26.8 Å².